The van der Waals surface area contributed by atoms with Crippen molar-refractivity contribution >= 4 is 23.1 Å². The third kappa shape index (κ3) is 3.90. The smallest absolute Gasteiger partial charge is 0.278 e. The molecule has 1 N–H and O–H groups in total. The molecule has 156 valence electrons. The van der Waals surface area contributed by atoms with Gasteiger partial charge in [0.1, 0.15) is 5.70 Å². The number of anilines is 1. The molecule has 2 aliphatic heterocycles. The molecule has 0 saturated heterocycles. The van der Waals surface area contributed by atoms with Crippen molar-refractivity contribution in [2.45, 2.75) is 39.5 Å². The molecule has 0 fully saturated rings. The highest BCUT2D eigenvalue weighted by Crippen LogP contribution is 2.36. The number of aryl methyl sites for hydroxylation is 1. The van der Waals surface area contributed by atoms with Crippen molar-refractivity contribution in [3.05, 3.63) is 59.3 Å². The Morgan fingerprint density at radius 2 is 1.70 bits per heavy atom. The number of carbonyl (C=O) groups excluding carboxylic acids is 2. The first-order chi connectivity index (χ1) is 14.6. The van der Waals surface area contributed by atoms with Crippen LogP contribution in [0.15, 0.2) is 48.2 Å². The Morgan fingerprint density at radius 3 is 2.47 bits per heavy atom. The van der Waals surface area contributed by atoms with Gasteiger partial charge in [0.25, 0.3) is 11.8 Å². The molecule has 0 aliphatic carbocycles. The SMILES string of the molecule is CCCCCCN1C(=O)C(Nc2ccc3c(c2)OCO3)=C(c2ccc(C)cc2)C1=O. The Kier molecular flexibility index (Phi) is 5.74. The highest BCUT2D eigenvalue weighted by Gasteiger charge is 2.38. The summed E-state index contributed by atoms with van der Waals surface area (Å²) in [7, 11) is 0. The number of fused-ring (bicyclic) bond motifs is 1. The molecule has 0 bridgehead atoms. The van der Waals surface area contributed by atoms with Crippen LogP contribution in [0.1, 0.15) is 43.7 Å². The van der Waals surface area contributed by atoms with E-state index in [4.69, 9.17) is 9.47 Å². The number of amides is 2. The third-order valence-electron chi connectivity index (χ3n) is 5.39. The van der Waals surface area contributed by atoms with Gasteiger partial charge in [0.2, 0.25) is 6.79 Å². The monoisotopic (exact) mass is 406 g/mol. The second kappa shape index (κ2) is 8.61. The van der Waals surface area contributed by atoms with Crippen molar-refractivity contribution in [3.8, 4) is 11.5 Å². The van der Waals surface area contributed by atoms with E-state index in [9.17, 15) is 9.59 Å². The van der Waals surface area contributed by atoms with Crippen LogP contribution in [0.2, 0.25) is 0 Å². The molecule has 2 aromatic rings. The molecule has 2 amide bonds. The zero-order valence-corrected chi connectivity index (χ0v) is 17.4. The predicted molar refractivity (Wildman–Crippen MR) is 115 cm³/mol. The van der Waals surface area contributed by atoms with Crippen LogP contribution in [0.5, 0.6) is 11.5 Å². The number of benzene rings is 2. The Hall–Kier alpha value is -3.28. The zero-order chi connectivity index (χ0) is 21.1. The fourth-order valence-electron chi connectivity index (χ4n) is 3.70. The molecule has 0 atom stereocenters. The van der Waals surface area contributed by atoms with Gasteiger partial charge in [-0.05, 0) is 31.0 Å². The maximum atomic E-state index is 13.2. The van der Waals surface area contributed by atoms with Gasteiger partial charge in [0, 0.05) is 18.3 Å². The minimum absolute atomic E-state index is 0.180. The maximum Gasteiger partial charge on any atom is 0.278 e. The Labute approximate surface area is 176 Å². The molecular weight excluding hydrogens is 380 g/mol. The molecule has 0 saturated carbocycles. The number of hydrogen-bond donors (Lipinski definition) is 1. The Bertz CT molecular complexity index is 995. The summed E-state index contributed by atoms with van der Waals surface area (Å²) in [4.78, 5) is 27.8. The Balaban J connectivity index is 1.65. The van der Waals surface area contributed by atoms with Crippen molar-refractivity contribution in [1.29, 1.82) is 0 Å². The van der Waals surface area contributed by atoms with Gasteiger partial charge in [-0.2, -0.15) is 0 Å². The Morgan fingerprint density at radius 1 is 0.933 bits per heavy atom. The van der Waals surface area contributed by atoms with Crippen LogP contribution in [0, 0.1) is 6.92 Å². The summed E-state index contributed by atoms with van der Waals surface area (Å²) in [6, 6.07) is 13.1. The lowest BCUT2D eigenvalue weighted by molar-refractivity contribution is -0.136. The first kappa shape index (κ1) is 20.0. The number of imide groups is 1. The van der Waals surface area contributed by atoms with E-state index in [0.717, 1.165) is 36.8 Å². The van der Waals surface area contributed by atoms with E-state index < -0.39 is 0 Å². The summed E-state index contributed by atoms with van der Waals surface area (Å²) in [6.07, 6.45) is 4.00. The van der Waals surface area contributed by atoms with E-state index in [2.05, 4.69) is 12.2 Å². The van der Waals surface area contributed by atoms with Crippen molar-refractivity contribution in [2.75, 3.05) is 18.7 Å². The van der Waals surface area contributed by atoms with Crippen LogP contribution in [0.3, 0.4) is 0 Å². The summed E-state index contributed by atoms with van der Waals surface area (Å²) in [6.45, 7) is 4.74. The van der Waals surface area contributed by atoms with Gasteiger partial charge in [-0.25, -0.2) is 0 Å². The molecule has 2 heterocycles. The lowest BCUT2D eigenvalue weighted by Gasteiger charge is -2.15. The quantitative estimate of drug-likeness (QED) is 0.517. The number of nitrogens with one attached hydrogen (secondary N) is 1. The maximum absolute atomic E-state index is 13.2. The third-order valence-corrected chi connectivity index (χ3v) is 5.39. The summed E-state index contributed by atoms with van der Waals surface area (Å²) < 4.78 is 10.8. The van der Waals surface area contributed by atoms with Crippen molar-refractivity contribution in [1.82, 2.24) is 4.90 Å². The standard InChI is InChI=1S/C24H26N2O4/c1-3-4-5-6-13-26-23(27)21(17-9-7-16(2)8-10-17)22(24(26)28)25-18-11-12-19-20(14-18)30-15-29-19/h7-12,14,25H,3-6,13,15H2,1-2H3. The topological polar surface area (TPSA) is 67.9 Å². The van der Waals surface area contributed by atoms with Crippen LogP contribution in [0.4, 0.5) is 5.69 Å². The second-order valence-electron chi connectivity index (χ2n) is 7.63. The number of ether oxygens (including phenoxy) is 2. The first-order valence-electron chi connectivity index (χ1n) is 10.4. The molecule has 2 aromatic carbocycles. The van der Waals surface area contributed by atoms with Gasteiger partial charge in [-0.3, -0.25) is 14.5 Å². The van der Waals surface area contributed by atoms with Gasteiger partial charge in [0.15, 0.2) is 11.5 Å². The van der Waals surface area contributed by atoms with E-state index in [1.54, 1.807) is 12.1 Å². The van der Waals surface area contributed by atoms with Crippen LogP contribution < -0.4 is 14.8 Å². The van der Waals surface area contributed by atoms with Gasteiger partial charge in [0.05, 0.1) is 5.57 Å². The van der Waals surface area contributed by atoms with Crippen LogP contribution in [-0.2, 0) is 9.59 Å². The summed E-state index contributed by atoms with van der Waals surface area (Å²) in [5, 5.41) is 3.18. The van der Waals surface area contributed by atoms with E-state index in [-0.39, 0.29) is 18.6 Å². The van der Waals surface area contributed by atoms with Gasteiger partial charge in [-0.1, -0.05) is 56.0 Å². The molecular formula is C24H26N2O4. The molecule has 0 radical (unpaired) electrons. The van der Waals surface area contributed by atoms with Crippen molar-refractivity contribution in [2.24, 2.45) is 0 Å². The summed E-state index contributed by atoms with van der Waals surface area (Å²) in [5.74, 6) is 0.749. The van der Waals surface area contributed by atoms with E-state index >= 15 is 0 Å². The van der Waals surface area contributed by atoms with Gasteiger partial charge >= 0.3 is 0 Å². The van der Waals surface area contributed by atoms with Crippen molar-refractivity contribution < 1.29 is 19.1 Å². The average Bonchev–Trinajstić information content (AvgIpc) is 3.30. The second-order valence-corrected chi connectivity index (χ2v) is 7.63. The van der Waals surface area contributed by atoms with Crippen LogP contribution in [0.25, 0.3) is 5.57 Å². The number of nitrogens with zero attached hydrogens (tertiary/aromatic N) is 1. The van der Waals surface area contributed by atoms with Gasteiger partial charge in [-0.15, -0.1) is 0 Å². The molecule has 0 spiro atoms. The highest BCUT2D eigenvalue weighted by atomic mass is 16.7. The van der Waals surface area contributed by atoms with Crippen molar-refractivity contribution in [3.63, 3.8) is 0 Å². The lowest BCUT2D eigenvalue weighted by Crippen LogP contribution is -2.33. The molecule has 2 aliphatic rings. The number of unbranched alkanes of at least 4 members (excludes halogenated alkanes) is 3. The molecule has 4 rings (SSSR count). The van der Waals surface area contributed by atoms with E-state index in [0.29, 0.717) is 35.0 Å². The summed E-state index contributed by atoms with van der Waals surface area (Å²) in [5.41, 5.74) is 3.22. The molecule has 6 heteroatoms. The van der Waals surface area contributed by atoms with Crippen LogP contribution >= 0.6 is 0 Å². The van der Waals surface area contributed by atoms with Crippen LogP contribution in [-0.4, -0.2) is 30.1 Å². The summed E-state index contributed by atoms with van der Waals surface area (Å²) >= 11 is 0. The molecule has 0 unspecified atom stereocenters. The normalized spacial score (nSPS) is 15.3. The average molecular weight is 406 g/mol. The minimum atomic E-state index is -0.287. The largest absolute Gasteiger partial charge is 0.454 e. The number of carbonyl (C=O) groups is 2. The molecule has 6 nitrogen and oxygen atoms in total. The van der Waals surface area contributed by atoms with E-state index in [1.807, 2.05) is 37.3 Å². The predicted octanol–water partition coefficient (Wildman–Crippen LogP) is 4.50. The number of hydrogen-bond acceptors (Lipinski definition) is 5. The zero-order valence-electron chi connectivity index (χ0n) is 17.4. The molecule has 30 heavy (non-hydrogen) atoms. The van der Waals surface area contributed by atoms with E-state index in [1.165, 1.54) is 4.90 Å². The minimum Gasteiger partial charge on any atom is -0.454 e. The first-order valence-corrected chi connectivity index (χ1v) is 10.4. The van der Waals surface area contributed by atoms with Gasteiger partial charge < -0.3 is 14.8 Å². The fourth-order valence-corrected chi connectivity index (χ4v) is 3.70. The number of rotatable bonds is 8. The molecule has 0 aromatic heterocycles. The lowest BCUT2D eigenvalue weighted by atomic mass is 10.0. The fraction of sp³-hybridized carbons (Fsp3) is 0.333. The highest BCUT2D eigenvalue weighted by molar-refractivity contribution is 6.36.